The van der Waals surface area contributed by atoms with Crippen LogP contribution in [0.15, 0.2) is 42.7 Å². The number of hydrogen-bond acceptors (Lipinski definition) is 2. The molecule has 0 fully saturated rings. The minimum Gasteiger partial charge on any atom is -0.306 e. The van der Waals surface area contributed by atoms with Crippen LogP contribution in [0.3, 0.4) is 0 Å². The molecule has 0 aliphatic carbocycles. The maximum absolute atomic E-state index is 4.28. The van der Waals surface area contributed by atoms with Crippen molar-refractivity contribution in [2.45, 2.75) is 33.2 Å². The van der Waals surface area contributed by atoms with Crippen LogP contribution in [-0.4, -0.2) is 11.5 Å². The molecule has 1 atom stereocenters. The highest BCUT2D eigenvalue weighted by molar-refractivity contribution is 5.36. The molecule has 2 rings (SSSR count). The summed E-state index contributed by atoms with van der Waals surface area (Å²) in [6.07, 6.45) is 4.89. The van der Waals surface area contributed by atoms with Crippen LogP contribution in [0, 0.1) is 6.92 Å². The van der Waals surface area contributed by atoms with E-state index >= 15 is 0 Å². The first kappa shape index (κ1) is 13.8. The van der Waals surface area contributed by atoms with Gasteiger partial charge in [0, 0.05) is 12.4 Å². The molecule has 19 heavy (non-hydrogen) atoms. The zero-order valence-corrected chi connectivity index (χ0v) is 12.0. The summed E-state index contributed by atoms with van der Waals surface area (Å²) in [6.45, 7) is 7.42. The van der Waals surface area contributed by atoms with Gasteiger partial charge in [0.25, 0.3) is 0 Å². The molecule has 2 heteroatoms. The molecule has 2 aromatic rings. The first-order chi connectivity index (χ1) is 9.26. The molecular weight excluding hydrogens is 232 g/mol. The van der Waals surface area contributed by atoms with Gasteiger partial charge in [-0.3, -0.25) is 4.98 Å². The fourth-order valence-electron chi connectivity index (χ4n) is 2.38. The van der Waals surface area contributed by atoms with Crippen LogP contribution in [0.5, 0.6) is 0 Å². The summed E-state index contributed by atoms with van der Waals surface area (Å²) < 4.78 is 0. The minimum absolute atomic E-state index is 0.227. The molecule has 0 aliphatic rings. The van der Waals surface area contributed by atoms with Gasteiger partial charge in [0.05, 0.1) is 6.04 Å². The Kier molecular flexibility index (Phi) is 4.69. The van der Waals surface area contributed by atoms with E-state index < -0.39 is 0 Å². The zero-order chi connectivity index (χ0) is 13.7. The average molecular weight is 254 g/mol. The molecule has 1 N–H and O–H groups in total. The second-order valence-corrected chi connectivity index (χ2v) is 4.82. The molecular formula is C17H22N2. The molecule has 1 unspecified atom stereocenters. The number of benzene rings is 1. The molecule has 0 radical (unpaired) electrons. The second kappa shape index (κ2) is 6.48. The van der Waals surface area contributed by atoms with Crippen molar-refractivity contribution in [3.63, 3.8) is 0 Å². The first-order valence-electron chi connectivity index (χ1n) is 6.99. The van der Waals surface area contributed by atoms with E-state index in [-0.39, 0.29) is 6.04 Å². The molecule has 0 amide bonds. The molecule has 1 aromatic heterocycles. The second-order valence-electron chi connectivity index (χ2n) is 4.82. The Morgan fingerprint density at radius 1 is 1.21 bits per heavy atom. The van der Waals surface area contributed by atoms with Gasteiger partial charge in [0.1, 0.15) is 0 Å². The number of hydrogen-bond donors (Lipinski definition) is 1. The normalized spacial score (nSPS) is 12.4. The Labute approximate surface area is 115 Å². The maximum Gasteiger partial charge on any atom is 0.0594 e. The Morgan fingerprint density at radius 3 is 2.74 bits per heavy atom. The van der Waals surface area contributed by atoms with E-state index in [9.17, 15) is 0 Å². The third-order valence-electron chi connectivity index (χ3n) is 3.49. The Hall–Kier alpha value is -1.67. The van der Waals surface area contributed by atoms with Gasteiger partial charge in [-0.15, -0.1) is 0 Å². The highest BCUT2D eigenvalue weighted by atomic mass is 14.9. The standard InChI is InChI=1S/C17H22N2/c1-4-14-7-6-8-15(11-14)17(19-5-2)16-12-18-10-9-13(16)3/h6-12,17,19H,4-5H2,1-3H3. The van der Waals surface area contributed by atoms with Crippen LogP contribution in [0.1, 0.15) is 42.1 Å². The number of pyridine rings is 1. The first-order valence-corrected chi connectivity index (χ1v) is 6.99. The van der Waals surface area contributed by atoms with Crippen molar-refractivity contribution in [3.8, 4) is 0 Å². The fourth-order valence-corrected chi connectivity index (χ4v) is 2.38. The number of rotatable bonds is 5. The summed E-state index contributed by atoms with van der Waals surface area (Å²) in [5.74, 6) is 0. The lowest BCUT2D eigenvalue weighted by atomic mass is 9.95. The number of aryl methyl sites for hydroxylation is 2. The molecule has 0 saturated carbocycles. The third kappa shape index (κ3) is 3.21. The molecule has 0 saturated heterocycles. The van der Waals surface area contributed by atoms with Crippen LogP contribution in [0.4, 0.5) is 0 Å². The van der Waals surface area contributed by atoms with Crippen molar-refractivity contribution < 1.29 is 0 Å². The minimum atomic E-state index is 0.227. The van der Waals surface area contributed by atoms with Gasteiger partial charge in [-0.1, -0.05) is 38.1 Å². The van der Waals surface area contributed by atoms with Gasteiger partial charge >= 0.3 is 0 Å². The molecule has 0 bridgehead atoms. The largest absolute Gasteiger partial charge is 0.306 e. The third-order valence-corrected chi connectivity index (χ3v) is 3.49. The van der Waals surface area contributed by atoms with Crippen molar-refractivity contribution in [1.29, 1.82) is 0 Å². The summed E-state index contributed by atoms with van der Waals surface area (Å²) in [7, 11) is 0. The quantitative estimate of drug-likeness (QED) is 0.881. The summed E-state index contributed by atoms with van der Waals surface area (Å²) in [5.41, 5.74) is 5.24. The topological polar surface area (TPSA) is 24.9 Å². The highest BCUT2D eigenvalue weighted by Crippen LogP contribution is 2.24. The molecule has 0 spiro atoms. The van der Waals surface area contributed by atoms with Gasteiger partial charge in [-0.25, -0.2) is 0 Å². The van der Waals surface area contributed by atoms with Crippen molar-refractivity contribution in [2.24, 2.45) is 0 Å². The summed E-state index contributed by atoms with van der Waals surface area (Å²) in [4.78, 5) is 4.28. The van der Waals surface area contributed by atoms with E-state index in [1.807, 2.05) is 12.4 Å². The molecule has 2 nitrogen and oxygen atoms in total. The molecule has 100 valence electrons. The van der Waals surface area contributed by atoms with Crippen molar-refractivity contribution in [1.82, 2.24) is 10.3 Å². The molecule has 1 heterocycles. The van der Waals surface area contributed by atoms with E-state index in [1.165, 1.54) is 22.3 Å². The molecule has 0 aliphatic heterocycles. The van der Waals surface area contributed by atoms with E-state index in [0.717, 1.165) is 13.0 Å². The van der Waals surface area contributed by atoms with E-state index in [0.29, 0.717) is 0 Å². The van der Waals surface area contributed by atoms with Crippen molar-refractivity contribution in [3.05, 3.63) is 65.0 Å². The maximum atomic E-state index is 4.28. The SMILES string of the molecule is CCNC(c1cccc(CC)c1)c1cnccc1C. The fraction of sp³-hybridized carbons (Fsp3) is 0.353. The van der Waals surface area contributed by atoms with Gasteiger partial charge in [0.15, 0.2) is 0 Å². The van der Waals surface area contributed by atoms with E-state index in [1.54, 1.807) is 0 Å². The zero-order valence-electron chi connectivity index (χ0n) is 12.0. The summed E-state index contributed by atoms with van der Waals surface area (Å²) in [5, 5.41) is 3.57. The summed E-state index contributed by atoms with van der Waals surface area (Å²) >= 11 is 0. The van der Waals surface area contributed by atoms with Crippen LogP contribution < -0.4 is 5.32 Å². The van der Waals surface area contributed by atoms with Crippen LogP contribution in [0.2, 0.25) is 0 Å². The van der Waals surface area contributed by atoms with Crippen LogP contribution >= 0.6 is 0 Å². The smallest absolute Gasteiger partial charge is 0.0594 e. The Morgan fingerprint density at radius 2 is 2.05 bits per heavy atom. The van der Waals surface area contributed by atoms with Crippen LogP contribution in [0.25, 0.3) is 0 Å². The van der Waals surface area contributed by atoms with E-state index in [2.05, 4.69) is 61.4 Å². The van der Waals surface area contributed by atoms with E-state index in [4.69, 9.17) is 0 Å². The lowest BCUT2D eigenvalue weighted by Gasteiger charge is -2.21. The summed E-state index contributed by atoms with van der Waals surface area (Å²) in [6, 6.07) is 11.1. The Balaban J connectivity index is 2.42. The number of nitrogens with zero attached hydrogens (tertiary/aromatic N) is 1. The van der Waals surface area contributed by atoms with Gasteiger partial charge in [-0.2, -0.15) is 0 Å². The monoisotopic (exact) mass is 254 g/mol. The van der Waals surface area contributed by atoms with Gasteiger partial charge in [0.2, 0.25) is 0 Å². The predicted octanol–water partition coefficient (Wildman–Crippen LogP) is 3.65. The van der Waals surface area contributed by atoms with Gasteiger partial charge < -0.3 is 5.32 Å². The lowest BCUT2D eigenvalue weighted by molar-refractivity contribution is 0.625. The van der Waals surface area contributed by atoms with Crippen molar-refractivity contribution >= 4 is 0 Å². The Bertz CT molecular complexity index is 534. The highest BCUT2D eigenvalue weighted by Gasteiger charge is 2.15. The van der Waals surface area contributed by atoms with Crippen molar-refractivity contribution in [2.75, 3.05) is 6.54 Å². The van der Waals surface area contributed by atoms with Crippen LogP contribution in [-0.2, 0) is 6.42 Å². The number of nitrogens with one attached hydrogen (secondary N) is 1. The predicted molar refractivity (Wildman–Crippen MR) is 80.3 cm³/mol. The van der Waals surface area contributed by atoms with Gasteiger partial charge in [-0.05, 0) is 48.2 Å². The number of aromatic nitrogens is 1. The average Bonchev–Trinajstić information content (AvgIpc) is 2.46. The lowest BCUT2D eigenvalue weighted by Crippen LogP contribution is -2.23. The molecule has 1 aromatic carbocycles.